The number of fused-ring (bicyclic) bond motifs is 1. The molecule has 1 aromatic carbocycles. The quantitative estimate of drug-likeness (QED) is 0.787. The zero-order valence-electron chi connectivity index (χ0n) is 13.9. The molecule has 2 aliphatic heterocycles. The van der Waals surface area contributed by atoms with Crippen LogP contribution in [0.4, 0.5) is 5.82 Å². The fourth-order valence-electron chi connectivity index (χ4n) is 3.39. The summed E-state index contributed by atoms with van der Waals surface area (Å²) in [6.45, 7) is 0.732. The van der Waals surface area contributed by atoms with Gasteiger partial charge in [0.15, 0.2) is 0 Å². The third-order valence-corrected chi connectivity index (χ3v) is 4.73. The average Bonchev–Trinajstić information content (AvgIpc) is 2.93. The smallest absolute Gasteiger partial charge is 0.254 e. The molecule has 1 unspecified atom stereocenters. The Balaban J connectivity index is 1.54. The highest BCUT2D eigenvalue weighted by Gasteiger charge is 2.34. The number of carbonyl (C=O) groups is 3. The number of nitrogens with one attached hydrogen (secondary N) is 1. The van der Waals surface area contributed by atoms with Gasteiger partial charge < -0.3 is 10.6 Å². The number of rotatable bonds is 3. The molecule has 132 valence electrons. The number of benzene rings is 1. The topological polar surface area (TPSA) is 118 Å². The molecule has 2 aliphatic rings. The molecule has 26 heavy (non-hydrogen) atoms. The molecular weight excluding hydrogens is 334 g/mol. The number of carbonyl (C=O) groups excluding carboxylic acids is 3. The maximum absolute atomic E-state index is 12.6. The van der Waals surface area contributed by atoms with Crippen LogP contribution in [0.2, 0.25) is 0 Å². The van der Waals surface area contributed by atoms with Gasteiger partial charge in [0.1, 0.15) is 5.82 Å². The number of nitrogens with zero attached hydrogens (tertiary/aromatic N) is 3. The third kappa shape index (κ3) is 2.90. The lowest BCUT2D eigenvalue weighted by atomic mass is 9.97. The second kappa shape index (κ2) is 6.21. The summed E-state index contributed by atoms with van der Waals surface area (Å²) in [5.74, 6) is -0.686. The highest BCUT2D eigenvalue weighted by atomic mass is 16.2. The number of anilines is 1. The lowest BCUT2D eigenvalue weighted by molar-refractivity contribution is -0.136. The van der Waals surface area contributed by atoms with E-state index in [1.807, 2.05) is 12.1 Å². The molecule has 1 aromatic heterocycles. The Hall–Kier alpha value is -3.29. The third-order valence-electron chi connectivity index (χ3n) is 4.73. The zero-order chi connectivity index (χ0) is 18.3. The van der Waals surface area contributed by atoms with E-state index in [1.54, 1.807) is 17.2 Å². The Kier molecular flexibility index (Phi) is 3.87. The molecule has 1 saturated heterocycles. The van der Waals surface area contributed by atoms with Crippen molar-refractivity contribution in [3.63, 3.8) is 0 Å². The van der Waals surface area contributed by atoms with Crippen molar-refractivity contribution in [3.8, 4) is 11.3 Å². The van der Waals surface area contributed by atoms with Crippen LogP contribution < -0.4 is 11.1 Å². The van der Waals surface area contributed by atoms with Crippen molar-refractivity contribution in [2.45, 2.75) is 19.4 Å². The minimum absolute atomic E-state index is 0.102. The number of hydrogen-bond donors (Lipinski definition) is 2. The molecule has 2 aromatic rings. The van der Waals surface area contributed by atoms with Gasteiger partial charge in [0.05, 0.1) is 24.0 Å². The van der Waals surface area contributed by atoms with Crippen LogP contribution in [0.25, 0.3) is 11.3 Å². The fraction of sp³-hybridized carbons (Fsp3) is 0.278. The molecule has 0 saturated carbocycles. The maximum Gasteiger partial charge on any atom is 0.254 e. The summed E-state index contributed by atoms with van der Waals surface area (Å²) in [7, 11) is 0. The van der Waals surface area contributed by atoms with E-state index >= 15 is 0 Å². The van der Waals surface area contributed by atoms with Gasteiger partial charge in [-0.1, -0.05) is 6.07 Å². The molecule has 8 nitrogen and oxygen atoms in total. The van der Waals surface area contributed by atoms with Crippen LogP contribution >= 0.6 is 0 Å². The second-order valence-electron chi connectivity index (χ2n) is 6.53. The summed E-state index contributed by atoms with van der Waals surface area (Å²) in [5.41, 5.74) is 8.66. The highest BCUT2D eigenvalue weighted by Crippen LogP contribution is 2.29. The zero-order valence-corrected chi connectivity index (χ0v) is 13.9. The van der Waals surface area contributed by atoms with Crippen molar-refractivity contribution in [2.24, 2.45) is 5.92 Å². The van der Waals surface area contributed by atoms with Crippen molar-refractivity contribution in [1.82, 2.24) is 20.2 Å². The Bertz CT molecular complexity index is 927. The van der Waals surface area contributed by atoms with Gasteiger partial charge in [-0.2, -0.15) is 0 Å². The first-order valence-electron chi connectivity index (χ1n) is 8.35. The molecule has 3 heterocycles. The molecule has 0 radical (unpaired) electrons. The van der Waals surface area contributed by atoms with E-state index in [0.717, 1.165) is 11.1 Å². The molecular formula is C18H17N5O3. The number of amides is 3. The molecule has 1 atom stereocenters. The highest BCUT2D eigenvalue weighted by molar-refractivity contribution is 6.01. The lowest BCUT2D eigenvalue weighted by Crippen LogP contribution is -2.45. The molecule has 3 N–H and O–H groups in total. The fourth-order valence-corrected chi connectivity index (χ4v) is 3.39. The first kappa shape index (κ1) is 16.2. The van der Waals surface area contributed by atoms with Gasteiger partial charge >= 0.3 is 0 Å². The average molecular weight is 351 g/mol. The van der Waals surface area contributed by atoms with Gasteiger partial charge in [0, 0.05) is 30.6 Å². The van der Waals surface area contributed by atoms with Gasteiger partial charge in [0.2, 0.25) is 11.8 Å². The maximum atomic E-state index is 12.6. The Morgan fingerprint density at radius 1 is 1.23 bits per heavy atom. The molecule has 4 rings (SSSR count). The van der Waals surface area contributed by atoms with Crippen LogP contribution in [0.3, 0.4) is 0 Å². The monoisotopic (exact) mass is 351 g/mol. The summed E-state index contributed by atoms with van der Waals surface area (Å²) in [6, 6.07) is 5.49. The van der Waals surface area contributed by atoms with E-state index in [1.165, 1.54) is 6.20 Å². The molecule has 0 spiro atoms. The van der Waals surface area contributed by atoms with Crippen molar-refractivity contribution < 1.29 is 14.4 Å². The standard InChI is InChI=1S/C18H17N5O3/c19-15-7-20-6-14(21-15)10-1-3-13-12(5-10)9-23(18(13)26)8-11-2-4-16(24)22-17(11)25/h1,3,5-7,11H,2,4,8-9H2,(H2,19,21)(H,22,24,25). The van der Waals surface area contributed by atoms with E-state index in [9.17, 15) is 14.4 Å². The van der Waals surface area contributed by atoms with Crippen LogP contribution in [0.5, 0.6) is 0 Å². The molecule has 3 amide bonds. The second-order valence-corrected chi connectivity index (χ2v) is 6.53. The van der Waals surface area contributed by atoms with Crippen LogP contribution in [0.15, 0.2) is 30.6 Å². The Morgan fingerprint density at radius 2 is 2.08 bits per heavy atom. The molecule has 0 aliphatic carbocycles. The number of nitrogen functional groups attached to an aromatic ring is 1. The predicted molar refractivity (Wildman–Crippen MR) is 92.5 cm³/mol. The minimum Gasteiger partial charge on any atom is -0.382 e. The van der Waals surface area contributed by atoms with Crippen molar-refractivity contribution in [1.29, 1.82) is 0 Å². The number of piperidine rings is 1. The number of nitrogens with two attached hydrogens (primary N) is 1. The lowest BCUT2D eigenvalue weighted by Gasteiger charge is -2.25. The first-order chi connectivity index (χ1) is 12.5. The molecule has 0 bridgehead atoms. The van der Waals surface area contributed by atoms with E-state index in [4.69, 9.17) is 5.73 Å². The van der Waals surface area contributed by atoms with Crippen LogP contribution in [-0.2, 0) is 16.1 Å². The number of aromatic nitrogens is 2. The van der Waals surface area contributed by atoms with Gasteiger partial charge in [-0.25, -0.2) is 4.98 Å². The van der Waals surface area contributed by atoms with Gasteiger partial charge in [-0.15, -0.1) is 0 Å². The predicted octanol–water partition coefficient (Wildman–Crippen LogP) is 0.734. The van der Waals surface area contributed by atoms with Crippen LogP contribution in [0.1, 0.15) is 28.8 Å². The summed E-state index contributed by atoms with van der Waals surface area (Å²) in [5, 5.41) is 2.33. The SMILES string of the molecule is Nc1cncc(-c2ccc3c(c2)CN(CC2CCC(=O)NC2=O)C3=O)n1. The normalized spacial score (nSPS) is 19.5. The molecule has 1 fully saturated rings. The Labute approximate surface area is 149 Å². The van der Waals surface area contributed by atoms with E-state index < -0.39 is 0 Å². The largest absolute Gasteiger partial charge is 0.382 e. The summed E-state index contributed by atoms with van der Waals surface area (Å²) in [6.07, 6.45) is 3.87. The van der Waals surface area contributed by atoms with Crippen molar-refractivity contribution in [2.75, 3.05) is 12.3 Å². The van der Waals surface area contributed by atoms with Gasteiger partial charge in [-0.05, 0) is 24.1 Å². The van der Waals surface area contributed by atoms with Crippen molar-refractivity contribution in [3.05, 3.63) is 41.7 Å². The van der Waals surface area contributed by atoms with E-state index in [2.05, 4.69) is 15.3 Å². The van der Waals surface area contributed by atoms with Crippen molar-refractivity contribution >= 4 is 23.5 Å². The van der Waals surface area contributed by atoms with Gasteiger partial charge in [0.25, 0.3) is 5.91 Å². The number of imide groups is 1. The van der Waals surface area contributed by atoms with Crippen LogP contribution in [0, 0.1) is 5.92 Å². The molecule has 8 heteroatoms. The van der Waals surface area contributed by atoms with Gasteiger partial charge in [-0.3, -0.25) is 24.7 Å². The summed E-state index contributed by atoms with van der Waals surface area (Å²) >= 11 is 0. The summed E-state index contributed by atoms with van der Waals surface area (Å²) < 4.78 is 0. The Morgan fingerprint density at radius 3 is 2.85 bits per heavy atom. The van der Waals surface area contributed by atoms with E-state index in [0.29, 0.717) is 43.0 Å². The van der Waals surface area contributed by atoms with Crippen LogP contribution in [-0.4, -0.2) is 39.1 Å². The number of hydrogen-bond acceptors (Lipinski definition) is 6. The minimum atomic E-state index is -0.356. The summed E-state index contributed by atoms with van der Waals surface area (Å²) in [4.78, 5) is 45.8. The first-order valence-corrected chi connectivity index (χ1v) is 8.35. The van der Waals surface area contributed by atoms with E-state index in [-0.39, 0.29) is 23.6 Å².